The zero-order valence-corrected chi connectivity index (χ0v) is 12.6. The van der Waals surface area contributed by atoms with E-state index in [2.05, 4.69) is 27.0 Å². The van der Waals surface area contributed by atoms with E-state index in [1.165, 1.54) is 24.1 Å². The average molecular weight is 285 g/mol. The minimum Gasteiger partial charge on any atom is -0.496 e. The van der Waals surface area contributed by atoms with Gasteiger partial charge in [-0.05, 0) is 44.0 Å². The van der Waals surface area contributed by atoms with E-state index in [9.17, 15) is 0 Å². The molecule has 1 N–H and O–H groups in total. The van der Waals surface area contributed by atoms with Crippen LogP contribution >= 0.6 is 0 Å². The molecule has 2 aromatic rings. The molecule has 0 spiro atoms. The minimum absolute atomic E-state index is 0.645. The fourth-order valence-corrected chi connectivity index (χ4v) is 3.13. The SMILES string of the molecule is COc1ccccc1CCn1cncc1C1CCNCC1. The molecule has 0 radical (unpaired) electrons. The van der Waals surface area contributed by atoms with Gasteiger partial charge in [0.2, 0.25) is 0 Å². The van der Waals surface area contributed by atoms with Gasteiger partial charge in [0.15, 0.2) is 0 Å². The van der Waals surface area contributed by atoms with Gasteiger partial charge < -0.3 is 14.6 Å². The molecule has 0 unspecified atom stereocenters. The summed E-state index contributed by atoms with van der Waals surface area (Å²) in [4.78, 5) is 4.36. The predicted octanol–water partition coefficient (Wildman–Crippen LogP) is 2.60. The van der Waals surface area contributed by atoms with Crippen molar-refractivity contribution >= 4 is 0 Å². The number of imidazole rings is 1. The van der Waals surface area contributed by atoms with Crippen molar-refractivity contribution in [1.29, 1.82) is 0 Å². The number of piperidine rings is 1. The largest absolute Gasteiger partial charge is 0.496 e. The third-order valence-corrected chi connectivity index (χ3v) is 4.32. The molecule has 1 saturated heterocycles. The quantitative estimate of drug-likeness (QED) is 0.918. The Kier molecular flexibility index (Phi) is 4.55. The number of hydrogen-bond donors (Lipinski definition) is 1. The number of nitrogens with one attached hydrogen (secondary N) is 1. The lowest BCUT2D eigenvalue weighted by molar-refractivity contribution is 0.407. The van der Waals surface area contributed by atoms with Crippen LogP contribution in [0.5, 0.6) is 5.75 Å². The molecule has 0 saturated carbocycles. The lowest BCUT2D eigenvalue weighted by atomic mass is 9.95. The maximum atomic E-state index is 5.43. The maximum Gasteiger partial charge on any atom is 0.122 e. The molecule has 21 heavy (non-hydrogen) atoms. The highest BCUT2D eigenvalue weighted by Crippen LogP contribution is 2.25. The van der Waals surface area contributed by atoms with E-state index in [1.807, 2.05) is 24.7 Å². The topological polar surface area (TPSA) is 39.1 Å². The zero-order valence-electron chi connectivity index (χ0n) is 12.6. The van der Waals surface area contributed by atoms with Crippen LogP contribution < -0.4 is 10.1 Å². The molecule has 0 amide bonds. The van der Waals surface area contributed by atoms with Crippen LogP contribution in [-0.4, -0.2) is 29.8 Å². The number of benzene rings is 1. The molecule has 0 aliphatic carbocycles. The maximum absolute atomic E-state index is 5.43. The molecule has 1 fully saturated rings. The number of ether oxygens (including phenoxy) is 1. The van der Waals surface area contributed by atoms with Gasteiger partial charge in [-0.15, -0.1) is 0 Å². The molecule has 0 bridgehead atoms. The number of aryl methyl sites for hydroxylation is 2. The van der Waals surface area contributed by atoms with E-state index in [-0.39, 0.29) is 0 Å². The summed E-state index contributed by atoms with van der Waals surface area (Å²) in [6, 6.07) is 8.25. The number of hydrogen-bond acceptors (Lipinski definition) is 3. The van der Waals surface area contributed by atoms with Gasteiger partial charge >= 0.3 is 0 Å². The van der Waals surface area contributed by atoms with E-state index in [0.717, 1.165) is 31.8 Å². The van der Waals surface area contributed by atoms with E-state index >= 15 is 0 Å². The number of rotatable bonds is 5. The highest BCUT2D eigenvalue weighted by Gasteiger charge is 2.18. The van der Waals surface area contributed by atoms with Crippen LogP contribution in [0.2, 0.25) is 0 Å². The predicted molar refractivity (Wildman–Crippen MR) is 83.8 cm³/mol. The van der Waals surface area contributed by atoms with Gasteiger partial charge in [0, 0.05) is 24.4 Å². The summed E-state index contributed by atoms with van der Waals surface area (Å²) in [7, 11) is 1.73. The monoisotopic (exact) mass is 285 g/mol. The van der Waals surface area contributed by atoms with E-state index < -0.39 is 0 Å². The Bertz CT molecular complexity index is 573. The highest BCUT2D eigenvalue weighted by molar-refractivity contribution is 5.33. The number of aromatic nitrogens is 2. The summed E-state index contributed by atoms with van der Waals surface area (Å²) in [5, 5.41) is 3.42. The first kappa shape index (κ1) is 14.1. The van der Waals surface area contributed by atoms with Gasteiger partial charge in [0.05, 0.1) is 13.4 Å². The van der Waals surface area contributed by atoms with Crippen LogP contribution in [0.4, 0.5) is 0 Å². The summed E-state index contributed by atoms with van der Waals surface area (Å²) in [5.74, 6) is 1.62. The Morgan fingerprint density at radius 3 is 2.90 bits per heavy atom. The molecule has 1 aliphatic heterocycles. The molecule has 3 rings (SSSR count). The van der Waals surface area contributed by atoms with Crippen LogP contribution in [0.25, 0.3) is 0 Å². The molecule has 4 nitrogen and oxygen atoms in total. The van der Waals surface area contributed by atoms with Gasteiger partial charge in [-0.25, -0.2) is 4.98 Å². The van der Waals surface area contributed by atoms with Crippen molar-refractivity contribution in [3.8, 4) is 5.75 Å². The molecule has 1 aromatic carbocycles. The fraction of sp³-hybridized carbons (Fsp3) is 0.471. The first-order valence-corrected chi connectivity index (χ1v) is 7.71. The first-order chi connectivity index (χ1) is 10.4. The number of para-hydroxylation sites is 1. The van der Waals surface area contributed by atoms with Crippen LogP contribution in [0.3, 0.4) is 0 Å². The fourth-order valence-electron chi connectivity index (χ4n) is 3.13. The lowest BCUT2D eigenvalue weighted by Crippen LogP contribution is -2.27. The summed E-state index contributed by atoms with van der Waals surface area (Å²) >= 11 is 0. The highest BCUT2D eigenvalue weighted by atomic mass is 16.5. The molecular weight excluding hydrogens is 262 g/mol. The summed E-state index contributed by atoms with van der Waals surface area (Å²) in [5.41, 5.74) is 2.64. The van der Waals surface area contributed by atoms with Crippen molar-refractivity contribution in [3.05, 3.63) is 48.0 Å². The Morgan fingerprint density at radius 2 is 2.10 bits per heavy atom. The lowest BCUT2D eigenvalue weighted by Gasteiger charge is -2.23. The molecule has 4 heteroatoms. The third-order valence-electron chi connectivity index (χ3n) is 4.32. The Labute approximate surface area is 126 Å². The number of nitrogens with zero attached hydrogens (tertiary/aromatic N) is 2. The molecule has 1 aliphatic rings. The molecule has 2 heterocycles. The summed E-state index contributed by atoms with van der Waals surface area (Å²) in [6.07, 6.45) is 7.39. The molecule has 1 aromatic heterocycles. The zero-order chi connectivity index (χ0) is 14.5. The van der Waals surface area contributed by atoms with Gasteiger partial charge in [-0.1, -0.05) is 18.2 Å². The van der Waals surface area contributed by atoms with Crippen molar-refractivity contribution in [2.24, 2.45) is 0 Å². The van der Waals surface area contributed by atoms with Gasteiger partial charge in [0.25, 0.3) is 0 Å². The van der Waals surface area contributed by atoms with Gasteiger partial charge in [-0.2, -0.15) is 0 Å². The van der Waals surface area contributed by atoms with E-state index in [4.69, 9.17) is 4.74 Å². The van der Waals surface area contributed by atoms with Gasteiger partial charge in [0.1, 0.15) is 5.75 Å². The molecule has 112 valence electrons. The average Bonchev–Trinajstić information content (AvgIpc) is 3.02. The van der Waals surface area contributed by atoms with E-state index in [0.29, 0.717) is 5.92 Å². The third kappa shape index (κ3) is 3.27. The molecular formula is C17H23N3O. The van der Waals surface area contributed by atoms with Crippen LogP contribution in [0.15, 0.2) is 36.8 Å². The second-order valence-electron chi connectivity index (χ2n) is 5.60. The Morgan fingerprint density at radius 1 is 1.29 bits per heavy atom. The standard InChI is InChI=1S/C17H23N3O/c1-21-17-5-3-2-4-15(17)8-11-20-13-19-12-16(20)14-6-9-18-10-7-14/h2-5,12-14,18H,6-11H2,1H3. The first-order valence-electron chi connectivity index (χ1n) is 7.71. The van der Waals surface area contributed by atoms with Crippen molar-refractivity contribution in [1.82, 2.24) is 14.9 Å². The van der Waals surface area contributed by atoms with Gasteiger partial charge in [-0.3, -0.25) is 0 Å². The van der Waals surface area contributed by atoms with Crippen LogP contribution in [0.1, 0.15) is 30.0 Å². The second-order valence-corrected chi connectivity index (χ2v) is 5.60. The number of methoxy groups -OCH3 is 1. The van der Waals surface area contributed by atoms with Crippen molar-refractivity contribution in [2.45, 2.75) is 31.7 Å². The second kappa shape index (κ2) is 6.76. The summed E-state index contributed by atoms with van der Waals surface area (Å²) in [6.45, 7) is 3.18. The van der Waals surface area contributed by atoms with Crippen molar-refractivity contribution in [3.63, 3.8) is 0 Å². The van der Waals surface area contributed by atoms with Crippen molar-refractivity contribution in [2.75, 3.05) is 20.2 Å². The van der Waals surface area contributed by atoms with E-state index in [1.54, 1.807) is 7.11 Å². The Hall–Kier alpha value is -1.81. The van der Waals surface area contributed by atoms with Crippen molar-refractivity contribution < 1.29 is 4.74 Å². The summed E-state index contributed by atoms with van der Waals surface area (Å²) < 4.78 is 7.74. The van der Waals surface area contributed by atoms with Crippen LogP contribution in [-0.2, 0) is 13.0 Å². The smallest absolute Gasteiger partial charge is 0.122 e. The van der Waals surface area contributed by atoms with Crippen LogP contribution in [0, 0.1) is 0 Å². The Balaban J connectivity index is 1.69. The minimum atomic E-state index is 0.645. The normalized spacial score (nSPS) is 16.0. The molecule has 0 atom stereocenters.